The van der Waals surface area contributed by atoms with Gasteiger partial charge >= 0.3 is 5.97 Å². The number of hydrogen-bond acceptors (Lipinski definition) is 6. The number of aromatic amines is 1. The van der Waals surface area contributed by atoms with Crippen molar-refractivity contribution in [3.05, 3.63) is 112 Å². The molecule has 0 aliphatic carbocycles. The Morgan fingerprint density at radius 3 is 2.32 bits per heavy atom. The third-order valence-corrected chi connectivity index (χ3v) is 4.30. The zero-order chi connectivity index (χ0) is 21.5. The summed E-state index contributed by atoms with van der Waals surface area (Å²) in [6.45, 7) is 0. The first-order valence-corrected chi connectivity index (χ1v) is 9.50. The van der Waals surface area contributed by atoms with Gasteiger partial charge in [-0.05, 0) is 42.0 Å². The van der Waals surface area contributed by atoms with Gasteiger partial charge < -0.3 is 4.74 Å². The van der Waals surface area contributed by atoms with Crippen LogP contribution in [0.1, 0.15) is 15.9 Å². The summed E-state index contributed by atoms with van der Waals surface area (Å²) < 4.78 is 5.35. The Morgan fingerprint density at radius 2 is 1.61 bits per heavy atom. The van der Waals surface area contributed by atoms with Crippen molar-refractivity contribution < 1.29 is 9.53 Å². The van der Waals surface area contributed by atoms with E-state index in [9.17, 15) is 9.59 Å². The molecule has 0 atom stereocenters. The number of benzene rings is 3. The SMILES string of the molecule is O=C(Oc1ccc(/C=N/Nc2nc(-c3ccccc3)cc(=O)[nH]2)cc1)c1ccccc1. The maximum atomic E-state index is 12.1. The van der Waals surface area contributed by atoms with Gasteiger partial charge in [0.25, 0.3) is 5.56 Å². The van der Waals surface area contributed by atoms with E-state index < -0.39 is 5.97 Å². The molecule has 4 aromatic rings. The molecule has 2 N–H and O–H groups in total. The van der Waals surface area contributed by atoms with Gasteiger partial charge in [0.15, 0.2) is 0 Å². The van der Waals surface area contributed by atoms with Crippen molar-refractivity contribution in [3.8, 4) is 17.0 Å². The number of anilines is 1. The van der Waals surface area contributed by atoms with E-state index in [-0.39, 0.29) is 11.5 Å². The predicted octanol–water partition coefficient (Wildman–Crippen LogP) is 4.10. The molecule has 0 aliphatic heterocycles. The van der Waals surface area contributed by atoms with Gasteiger partial charge in [0, 0.05) is 11.6 Å². The van der Waals surface area contributed by atoms with E-state index in [0.717, 1.165) is 11.1 Å². The van der Waals surface area contributed by atoms with E-state index >= 15 is 0 Å². The van der Waals surface area contributed by atoms with E-state index in [4.69, 9.17) is 4.74 Å². The summed E-state index contributed by atoms with van der Waals surface area (Å²) in [6, 6.07) is 26.5. The molecule has 7 heteroatoms. The first-order valence-electron chi connectivity index (χ1n) is 9.50. The Morgan fingerprint density at radius 1 is 0.935 bits per heavy atom. The molecule has 0 fully saturated rings. The molecule has 0 radical (unpaired) electrons. The molecule has 7 nitrogen and oxygen atoms in total. The molecule has 0 amide bonds. The summed E-state index contributed by atoms with van der Waals surface area (Å²) >= 11 is 0. The molecule has 4 rings (SSSR count). The van der Waals surface area contributed by atoms with Crippen LogP contribution in [0.4, 0.5) is 5.95 Å². The van der Waals surface area contributed by atoms with Crippen LogP contribution in [-0.2, 0) is 0 Å². The van der Waals surface area contributed by atoms with Crippen molar-refractivity contribution in [1.29, 1.82) is 0 Å². The van der Waals surface area contributed by atoms with Crippen LogP contribution in [-0.4, -0.2) is 22.2 Å². The highest BCUT2D eigenvalue weighted by Gasteiger charge is 2.07. The number of hydrazone groups is 1. The Labute approximate surface area is 178 Å². The second kappa shape index (κ2) is 9.32. The quantitative estimate of drug-likeness (QED) is 0.216. The fourth-order valence-electron chi connectivity index (χ4n) is 2.80. The van der Waals surface area contributed by atoms with Gasteiger partial charge in [-0.15, -0.1) is 0 Å². The third-order valence-electron chi connectivity index (χ3n) is 4.30. The molecule has 3 aromatic carbocycles. The molecule has 0 saturated heterocycles. The van der Waals surface area contributed by atoms with Gasteiger partial charge in [-0.1, -0.05) is 48.5 Å². The molecule has 0 saturated carbocycles. The second-order valence-corrected chi connectivity index (χ2v) is 6.54. The summed E-state index contributed by atoms with van der Waals surface area (Å²) in [5, 5.41) is 4.11. The lowest BCUT2D eigenvalue weighted by molar-refractivity contribution is 0.0735. The highest BCUT2D eigenvalue weighted by molar-refractivity contribution is 5.91. The molecule has 1 aromatic heterocycles. The summed E-state index contributed by atoms with van der Waals surface area (Å²) in [5.74, 6) is 0.244. The van der Waals surface area contributed by atoms with Crippen molar-refractivity contribution in [2.45, 2.75) is 0 Å². The summed E-state index contributed by atoms with van der Waals surface area (Å²) in [5.41, 5.74) is 5.09. The fourth-order valence-corrected chi connectivity index (χ4v) is 2.80. The number of aromatic nitrogens is 2. The Balaban J connectivity index is 1.40. The fraction of sp³-hybridized carbons (Fsp3) is 0. The van der Waals surface area contributed by atoms with Crippen molar-refractivity contribution in [3.63, 3.8) is 0 Å². The van der Waals surface area contributed by atoms with Crippen LogP contribution in [0.3, 0.4) is 0 Å². The van der Waals surface area contributed by atoms with Gasteiger partial charge in [-0.25, -0.2) is 15.2 Å². The monoisotopic (exact) mass is 410 g/mol. The number of ether oxygens (including phenoxy) is 1. The minimum Gasteiger partial charge on any atom is -0.423 e. The molecule has 0 aliphatic rings. The number of esters is 1. The van der Waals surface area contributed by atoms with Gasteiger partial charge in [-0.3, -0.25) is 9.78 Å². The minimum absolute atomic E-state index is 0.232. The van der Waals surface area contributed by atoms with Crippen LogP contribution >= 0.6 is 0 Å². The summed E-state index contributed by atoms with van der Waals surface area (Å²) in [4.78, 5) is 31.0. The number of H-pyrrole nitrogens is 1. The number of carbonyl (C=O) groups excluding carboxylic acids is 1. The lowest BCUT2D eigenvalue weighted by atomic mass is 10.1. The zero-order valence-electron chi connectivity index (χ0n) is 16.4. The normalized spacial score (nSPS) is 10.7. The minimum atomic E-state index is -0.419. The standard InChI is InChI=1S/C24H18N4O3/c29-22-15-21(18-7-3-1-4-8-18)26-24(27-22)28-25-16-17-11-13-20(14-12-17)31-23(30)19-9-5-2-6-10-19/h1-16H,(H2,26,27,28,29)/b25-16+. The van der Waals surface area contributed by atoms with E-state index in [1.807, 2.05) is 36.4 Å². The molecular weight excluding hydrogens is 392 g/mol. The molecule has 1 heterocycles. The van der Waals surface area contributed by atoms with Crippen molar-refractivity contribution in [1.82, 2.24) is 9.97 Å². The Bertz CT molecular complexity index is 1250. The van der Waals surface area contributed by atoms with E-state index in [1.54, 1.807) is 54.7 Å². The van der Waals surface area contributed by atoms with Gasteiger partial charge in [0.05, 0.1) is 17.5 Å². The maximum absolute atomic E-state index is 12.1. The predicted molar refractivity (Wildman–Crippen MR) is 119 cm³/mol. The molecular formula is C24H18N4O3. The highest BCUT2D eigenvalue weighted by atomic mass is 16.5. The molecule has 31 heavy (non-hydrogen) atoms. The molecule has 0 unspecified atom stereocenters. The maximum Gasteiger partial charge on any atom is 0.343 e. The van der Waals surface area contributed by atoms with Crippen molar-refractivity contribution in [2.24, 2.45) is 5.10 Å². The first kappa shape index (κ1) is 19.8. The van der Waals surface area contributed by atoms with Crippen molar-refractivity contribution in [2.75, 3.05) is 5.43 Å². The van der Waals surface area contributed by atoms with Gasteiger partial charge in [0.1, 0.15) is 5.75 Å². The molecule has 0 spiro atoms. The van der Waals surface area contributed by atoms with Crippen LogP contribution in [0.5, 0.6) is 5.75 Å². The lowest BCUT2D eigenvalue weighted by Crippen LogP contribution is -2.10. The van der Waals surface area contributed by atoms with Crippen LogP contribution in [0.25, 0.3) is 11.3 Å². The van der Waals surface area contributed by atoms with Crippen LogP contribution in [0.15, 0.2) is 101 Å². The van der Waals surface area contributed by atoms with E-state index in [1.165, 1.54) is 6.07 Å². The average Bonchev–Trinajstić information content (AvgIpc) is 2.81. The van der Waals surface area contributed by atoms with Gasteiger partial charge in [-0.2, -0.15) is 5.10 Å². The smallest absolute Gasteiger partial charge is 0.343 e. The van der Waals surface area contributed by atoms with Crippen LogP contribution in [0, 0.1) is 0 Å². The highest BCUT2D eigenvalue weighted by Crippen LogP contribution is 2.16. The van der Waals surface area contributed by atoms with Crippen LogP contribution in [0.2, 0.25) is 0 Å². The molecule has 0 bridgehead atoms. The number of rotatable bonds is 6. The lowest BCUT2D eigenvalue weighted by Gasteiger charge is -2.05. The zero-order valence-corrected chi connectivity index (χ0v) is 16.4. The Hall–Kier alpha value is -4.52. The largest absolute Gasteiger partial charge is 0.423 e. The van der Waals surface area contributed by atoms with E-state index in [0.29, 0.717) is 17.0 Å². The number of hydrogen-bond donors (Lipinski definition) is 2. The topological polar surface area (TPSA) is 96.4 Å². The molecule has 152 valence electrons. The van der Waals surface area contributed by atoms with Gasteiger partial charge in [0.2, 0.25) is 5.95 Å². The summed E-state index contributed by atoms with van der Waals surface area (Å²) in [7, 11) is 0. The summed E-state index contributed by atoms with van der Waals surface area (Å²) in [6.07, 6.45) is 1.57. The number of carbonyl (C=O) groups is 1. The number of nitrogens with one attached hydrogen (secondary N) is 2. The third kappa shape index (κ3) is 5.30. The van der Waals surface area contributed by atoms with Crippen LogP contribution < -0.4 is 15.7 Å². The number of nitrogens with zero attached hydrogens (tertiary/aromatic N) is 2. The second-order valence-electron chi connectivity index (χ2n) is 6.54. The van der Waals surface area contributed by atoms with E-state index in [2.05, 4.69) is 20.5 Å². The van der Waals surface area contributed by atoms with Crippen molar-refractivity contribution >= 4 is 18.1 Å². The first-order chi connectivity index (χ1) is 15.2. The average molecular weight is 410 g/mol. The Kier molecular flexibility index (Phi) is 5.95.